The first-order valence-corrected chi connectivity index (χ1v) is 19.9. The highest BCUT2D eigenvalue weighted by molar-refractivity contribution is 7.01. The van der Waals surface area contributed by atoms with Crippen molar-refractivity contribution >= 4 is 40.2 Å². The molecule has 0 N–H and O–H groups in total. The Morgan fingerprint density at radius 2 is 0.929 bits per heavy atom. The average Bonchev–Trinajstić information content (AvgIpc) is 3.51. The van der Waals surface area contributed by atoms with Gasteiger partial charge >= 0.3 is 0 Å². The number of fused-ring (bicyclic) bond motifs is 5. The lowest BCUT2D eigenvalue weighted by molar-refractivity contribution is 0.590. The number of aromatic nitrogens is 3. The first kappa shape index (κ1) is 35.9. The van der Waals surface area contributed by atoms with E-state index < -0.39 is 0 Å². The third-order valence-corrected chi connectivity index (χ3v) is 11.6. The topological polar surface area (TPSA) is 41.9 Å². The van der Waals surface area contributed by atoms with Crippen LogP contribution in [-0.2, 0) is 16.2 Å². The van der Waals surface area contributed by atoms with Crippen molar-refractivity contribution in [2.75, 3.05) is 4.90 Å². The van der Waals surface area contributed by atoms with Crippen LogP contribution >= 0.6 is 0 Å². The second-order valence-electron chi connectivity index (χ2n) is 18.6. The summed E-state index contributed by atoms with van der Waals surface area (Å²) in [5.41, 5.74) is 16.9. The van der Waals surface area contributed by atoms with Crippen molar-refractivity contribution in [1.29, 1.82) is 0 Å². The Balaban J connectivity index is 1.38. The highest BCUT2D eigenvalue weighted by atomic mass is 15.2. The van der Waals surface area contributed by atoms with Crippen LogP contribution in [0.3, 0.4) is 0 Å². The number of hydrogen-bond donors (Lipinski definition) is 0. The summed E-state index contributed by atoms with van der Waals surface area (Å²) >= 11 is 0. The Labute approximate surface area is 332 Å². The van der Waals surface area contributed by atoms with E-state index in [-0.39, 0.29) is 23.0 Å². The summed E-state index contributed by atoms with van der Waals surface area (Å²) in [5, 5.41) is 0. The molecule has 5 heteroatoms. The normalized spacial score (nSPS) is 13.4. The van der Waals surface area contributed by atoms with Crippen molar-refractivity contribution < 1.29 is 0 Å². The Morgan fingerprint density at radius 3 is 1.50 bits per heavy atom. The van der Waals surface area contributed by atoms with Crippen LogP contribution < -0.4 is 21.3 Å². The Bertz CT molecular complexity index is 2590. The predicted octanol–water partition coefficient (Wildman–Crippen LogP) is 11.0. The molecule has 3 heterocycles. The molecular formula is C51H49BN4. The lowest BCUT2D eigenvalue weighted by Gasteiger charge is -2.38. The average molecular weight is 729 g/mol. The lowest BCUT2D eigenvalue weighted by atomic mass is 9.37. The molecule has 0 saturated heterocycles. The summed E-state index contributed by atoms with van der Waals surface area (Å²) in [6.07, 6.45) is 0. The third-order valence-electron chi connectivity index (χ3n) is 11.6. The maximum Gasteiger partial charge on any atom is 0.248 e. The minimum Gasteiger partial charge on any atom is -0.311 e. The van der Waals surface area contributed by atoms with Gasteiger partial charge in [-0.25, -0.2) is 15.0 Å². The smallest absolute Gasteiger partial charge is 0.248 e. The summed E-state index contributed by atoms with van der Waals surface area (Å²) in [4.78, 5) is 18.0. The van der Waals surface area contributed by atoms with Crippen LogP contribution in [0, 0.1) is 0 Å². The highest BCUT2D eigenvalue weighted by Crippen LogP contribution is 2.45. The van der Waals surface area contributed by atoms with Crippen LogP contribution in [-0.4, -0.2) is 21.7 Å². The van der Waals surface area contributed by atoms with Crippen molar-refractivity contribution in [3.05, 3.63) is 150 Å². The van der Waals surface area contributed by atoms with Crippen LogP contribution in [0.5, 0.6) is 0 Å². The molecular weight excluding hydrogens is 679 g/mol. The summed E-state index contributed by atoms with van der Waals surface area (Å²) in [6, 6.07) is 48.7. The van der Waals surface area contributed by atoms with Gasteiger partial charge < -0.3 is 4.90 Å². The molecule has 0 amide bonds. The van der Waals surface area contributed by atoms with Crippen molar-refractivity contribution in [3.63, 3.8) is 0 Å². The summed E-state index contributed by atoms with van der Waals surface area (Å²) in [7, 11) is 0. The lowest BCUT2D eigenvalue weighted by Crippen LogP contribution is -2.54. The van der Waals surface area contributed by atoms with Crippen LogP contribution in [0.25, 0.3) is 45.3 Å². The molecule has 0 fully saturated rings. The van der Waals surface area contributed by atoms with E-state index in [2.05, 4.69) is 164 Å². The Morgan fingerprint density at radius 1 is 0.411 bits per heavy atom. The van der Waals surface area contributed by atoms with Crippen molar-refractivity contribution in [2.45, 2.75) is 78.6 Å². The van der Waals surface area contributed by atoms with E-state index in [0.717, 1.165) is 22.4 Å². The number of nitrogens with zero attached hydrogens (tertiary/aromatic N) is 4. The van der Waals surface area contributed by atoms with Crippen molar-refractivity contribution in [1.82, 2.24) is 15.0 Å². The molecule has 6 aromatic carbocycles. The van der Waals surface area contributed by atoms with Gasteiger partial charge in [0.25, 0.3) is 0 Å². The number of rotatable bonds is 4. The third kappa shape index (κ3) is 6.14. The van der Waals surface area contributed by atoms with Crippen LogP contribution in [0.2, 0.25) is 0 Å². The monoisotopic (exact) mass is 728 g/mol. The zero-order valence-electron chi connectivity index (χ0n) is 34.1. The van der Waals surface area contributed by atoms with Crippen molar-refractivity contribution in [3.8, 4) is 45.3 Å². The molecule has 0 atom stereocenters. The highest BCUT2D eigenvalue weighted by Gasteiger charge is 2.44. The Kier molecular flexibility index (Phi) is 8.25. The molecule has 4 nitrogen and oxygen atoms in total. The minimum atomic E-state index is -0.0248. The molecule has 0 radical (unpaired) electrons. The van der Waals surface area contributed by atoms with E-state index in [1.54, 1.807) is 0 Å². The second kappa shape index (κ2) is 12.9. The van der Waals surface area contributed by atoms with Gasteiger partial charge in [0, 0.05) is 33.8 Å². The van der Waals surface area contributed by atoms with Gasteiger partial charge in [0.15, 0.2) is 17.5 Å². The molecule has 0 bridgehead atoms. The molecule has 1 aromatic heterocycles. The first-order valence-electron chi connectivity index (χ1n) is 19.9. The maximum absolute atomic E-state index is 5.24. The maximum atomic E-state index is 5.24. The van der Waals surface area contributed by atoms with Gasteiger partial charge in [0.05, 0.1) is 0 Å². The fraction of sp³-hybridized carbons (Fsp3) is 0.235. The van der Waals surface area contributed by atoms with Gasteiger partial charge in [-0.15, -0.1) is 0 Å². The molecule has 0 saturated carbocycles. The van der Waals surface area contributed by atoms with Crippen LogP contribution in [0.1, 0.15) is 79.0 Å². The van der Waals surface area contributed by atoms with Crippen LogP contribution in [0.4, 0.5) is 17.1 Å². The van der Waals surface area contributed by atoms with E-state index in [4.69, 9.17) is 15.0 Å². The van der Waals surface area contributed by atoms with Crippen LogP contribution in [0.15, 0.2) is 133 Å². The molecule has 2 aliphatic heterocycles. The largest absolute Gasteiger partial charge is 0.311 e. The zero-order valence-corrected chi connectivity index (χ0v) is 34.1. The molecule has 9 rings (SSSR count). The summed E-state index contributed by atoms with van der Waals surface area (Å²) in [6.45, 7) is 20.8. The number of benzene rings is 6. The molecule has 56 heavy (non-hydrogen) atoms. The van der Waals surface area contributed by atoms with Gasteiger partial charge in [-0.2, -0.15) is 0 Å². The Hall–Kier alpha value is -5.81. The number of anilines is 3. The molecule has 2 aliphatic rings. The van der Waals surface area contributed by atoms with Gasteiger partial charge in [-0.05, 0) is 85.3 Å². The molecule has 7 aromatic rings. The minimum absolute atomic E-state index is 0.00374. The van der Waals surface area contributed by atoms with E-state index in [9.17, 15) is 0 Å². The van der Waals surface area contributed by atoms with E-state index in [1.165, 1.54) is 55.6 Å². The van der Waals surface area contributed by atoms with E-state index >= 15 is 0 Å². The standard InChI is InChI=1S/C51H49BN4/c1-49(2,3)35-21-16-22-38(29-35)56-43-31-37(51(7,8)9)24-26-42(43)52-41-25-23-36(50(4,5)6)30-39(41)40-27-34(28-44(56)45(40)52)48-54-46(32-17-12-10-13-18-32)53-47(55-48)33-19-14-11-15-20-33/h10-31H,1-9H3. The van der Waals surface area contributed by atoms with Gasteiger partial charge in [-0.1, -0.05) is 171 Å². The summed E-state index contributed by atoms with van der Waals surface area (Å²) in [5.74, 6) is 1.98. The zero-order chi connectivity index (χ0) is 39.1. The second-order valence-corrected chi connectivity index (χ2v) is 18.6. The molecule has 0 aliphatic carbocycles. The summed E-state index contributed by atoms with van der Waals surface area (Å²) < 4.78 is 0. The van der Waals surface area contributed by atoms with Crippen molar-refractivity contribution in [2.24, 2.45) is 0 Å². The molecule has 276 valence electrons. The van der Waals surface area contributed by atoms with Gasteiger partial charge in [0.1, 0.15) is 0 Å². The van der Waals surface area contributed by atoms with E-state index in [0.29, 0.717) is 17.5 Å². The van der Waals surface area contributed by atoms with E-state index in [1.807, 2.05) is 36.4 Å². The quantitative estimate of drug-likeness (QED) is 0.169. The molecule has 0 unspecified atom stereocenters. The van der Waals surface area contributed by atoms with Gasteiger partial charge in [0.2, 0.25) is 6.71 Å². The fourth-order valence-corrected chi connectivity index (χ4v) is 8.37. The first-order chi connectivity index (χ1) is 26.6. The van der Waals surface area contributed by atoms with Gasteiger partial charge in [-0.3, -0.25) is 0 Å². The predicted molar refractivity (Wildman–Crippen MR) is 237 cm³/mol. The SMILES string of the molecule is CC(C)(C)c1cccc(N2c3cc(C(C)(C)C)ccc3B3c4ccc(C(C)(C)C)cc4-c4cc(-c5nc(-c6ccccc6)nc(-c6ccccc6)n5)cc2c43)c1. The molecule has 0 spiro atoms. The number of hydrogen-bond acceptors (Lipinski definition) is 4. The fourth-order valence-electron chi connectivity index (χ4n) is 8.37.